The number of hydrogen-bond acceptors (Lipinski definition) is 10. The van der Waals surface area contributed by atoms with Crippen LogP contribution in [0.3, 0.4) is 0 Å². The van der Waals surface area contributed by atoms with Crippen molar-refractivity contribution in [2.45, 2.75) is 0 Å². The minimum Gasteiger partial charge on any atom is -0.397 e. The smallest absolute Gasteiger partial charge is 0.397 e. The second-order valence-electron chi connectivity index (χ2n) is 5.72. The standard InChI is InChI=1S/C17H11N7O7/c25-22(26)13-5-1-11(2-6-13)18-20-17(15-9-10-16(31-15)24(29)30)21-19-12-3-7-14(8-4-12)23(27)28/h1-10,18H/b20-17+,21-19?. The molecule has 1 aromatic heterocycles. The lowest BCUT2D eigenvalue weighted by Gasteiger charge is -2.01. The molecule has 0 fully saturated rings. The molecule has 0 unspecified atom stereocenters. The number of azo groups is 1. The maximum absolute atomic E-state index is 10.9. The van der Waals surface area contributed by atoms with Crippen LogP contribution in [0.15, 0.2) is 80.4 Å². The zero-order chi connectivity index (χ0) is 22.4. The van der Waals surface area contributed by atoms with Crippen molar-refractivity contribution in [2.24, 2.45) is 15.3 Å². The molecule has 14 heteroatoms. The Balaban J connectivity index is 1.88. The van der Waals surface area contributed by atoms with Crippen molar-refractivity contribution in [1.82, 2.24) is 0 Å². The predicted octanol–water partition coefficient (Wildman–Crippen LogP) is 4.56. The largest absolute Gasteiger partial charge is 0.433 e. The van der Waals surface area contributed by atoms with E-state index in [1.165, 1.54) is 54.6 Å². The number of nitrogens with one attached hydrogen (secondary N) is 1. The van der Waals surface area contributed by atoms with Gasteiger partial charge in [-0.1, -0.05) is 0 Å². The fourth-order valence-electron chi connectivity index (χ4n) is 2.19. The maximum atomic E-state index is 10.9. The molecule has 14 nitrogen and oxygen atoms in total. The van der Waals surface area contributed by atoms with Crippen LogP contribution >= 0.6 is 0 Å². The molecule has 0 aliphatic carbocycles. The molecule has 1 heterocycles. The highest BCUT2D eigenvalue weighted by atomic mass is 16.7. The van der Waals surface area contributed by atoms with Crippen LogP contribution in [0.5, 0.6) is 0 Å². The molecule has 0 spiro atoms. The van der Waals surface area contributed by atoms with Crippen molar-refractivity contribution in [2.75, 3.05) is 5.43 Å². The Kier molecular flexibility index (Phi) is 6.01. The first-order valence-electron chi connectivity index (χ1n) is 8.32. The number of furan rings is 1. The molecule has 156 valence electrons. The number of amidine groups is 1. The molecule has 2 aromatic carbocycles. The summed E-state index contributed by atoms with van der Waals surface area (Å²) in [5, 5.41) is 44.1. The number of anilines is 1. The minimum absolute atomic E-state index is 0.0771. The van der Waals surface area contributed by atoms with Crippen LogP contribution in [0, 0.1) is 30.3 Å². The SMILES string of the molecule is O=[N+]([O-])c1ccc(N=N/C(=N/Nc2ccc([N+](=O)[O-])cc2)c2ccc([N+](=O)[O-])o2)cc1. The topological polar surface area (TPSA) is 192 Å². The summed E-state index contributed by atoms with van der Waals surface area (Å²) in [7, 11) is 0. The Bertz CT molecular complexity index is 1180. The number of hydrazone groups is 1. The summed E-state index contributed by atoms with van der Waals surface area (Å²) in [6.07, 6.45) is 0. The first-order valence-corrected chi connectivity index (χ1v) is 8.32. The van der Waals surface area contributed by atoms with Gasteiger partial charge in [-0.25, -0.2) is 0 Å². The Morgan fingerprint density at radius 1 is 0.774 bits per heavy atom. The zero-order valence-electron chi connectivity index (χ0n) is 15.3. The Labute approximate surface area is 172 Å². The molecule has 3 aromatic rings. The van der Waals surface area contributed by atoms with Crippen molar-refractivity contribution in [3.63, 3.8) is 0 Å². The van der Waals surface area contributed by atoms with Gasteiger partial charge in [0.15, 0.2) is 5.76 Å². The summed E-state index contributed by atoms with van der Waals surface area (Å²) in [6, 6.07) is 12.9. The molecule has 3 rings (SSSR count). The van der Waals surface area contributed by atoms with E-state index in [1.54, 1.807) is 0 Å². The molecule has 0 saturated carbocycles. The van der Waals surface area contributed by atoms with Gasteiger partial charge in [0, 0.05) is 24.3 Å². The van der Waals surface area contributed by atoms with Gasteiger partial charge in [-0.3, -0.25) is 35.8 Å². The average Bonchev–Trinajstić information content (AvgIpc) is 3.25. The van der Waals surface area contributed by atoms with Gasteiger partial charge in [-0.2, -0.15) is 0 Å². The highest BCUT2D eigenvalue weighted by Gasteiger charge is 2.16. The maximum Gasteiger partial charge on any atom is 0.433 e. The monoisotopic (exact) mass is 425 g/mol. The quantitative estimate of drug-likeness (QED) is 0.187. The van der Waals surface area contributed by atoms with E-state index in [2.05, 4.69) is 20.8 Å². The lowest BCUT2D eigenvalue weighted by Crippen LogP contribution is -2.00. The first-order chi connectivity index (χ1) is 14.8. The van der Waals surface area contributed by atoms with Crippen LogP contribution in [-0.2, 0) is 0 Å². The number of rotatable bonds is 7. The summed E-state index contributed by atoms with van der Waals surface area (Å²) >= 11 is 0. The molecule has 1 N–H and O–H groups in total. The Morgan fingerprint density at radius 3 is 1.87 bits per heavy atom. The van der Waals surface area contributed by atoms with Crippen molar-refractivity contribution in [1.29, 1.82) is 0 Å². The second-order valence-corrected chi connectivity index (χ2v) is 5.72. The fraction of sp³-hybridized carbons (Fsp3) is 0. The third kappa shape index (κ3) is 5.29. The van der Waals surface area contributed by atoms with E-state index in [-0.39, 0.29) is 28.7 Å². The second kappa shape index (κ2) is 8.99. The lowest BCUT2D eigenvalue weighted by molar-refractivity contribution is -0.402. The van der Waals surface area contributed by atoms with Crippen LogP contribution in [0.25, 0.3) is 0 Å². The predicted molar refractivity (Wildman–Crippen MR) is 106 cm³/mol. The zero-order valence-corrected chi connectivity index (χ0v) is 15.3. The van der Waals surface area contributed by atoms with Gasteiger partial charge < -0.3 is 4.42 Å². The molecule has 0 amide bonds. The number of non-ortho nitro benzene ring substituents is 2. The van der Waals surface area contributed by atoms with Crippen LogP contribution < -0.4 is 5.43 Å². The van der Waals surface area contributed by atoms with Gasteiger partial charge in [0.05, 0.1) is 27.3 Å². The van der Waals surface area contributed by atoms with Crippen molar-refractivity contribution in [3.8, 4) is 0 Å². The highest BCUT2D eigenvalue weighted by molar-refractivity contribution is 5.97. The molecule has 0 radical (unpaired) electrons. The molecule has 0 atom stereocenters. The summed E-state index contributed by atoms with van der Waals surface area (Å²) in [6.45, 7) is 0. The van der Waals surface area contributed by atoms with Crippen LogP contribution in [0.2, 0.25) is 0 Å². The van der Waals surface area contributed by atoms with E-state index in [9.17, 15) is 30.3 Å². The number of nitro benzene ring substituents is 2. The van der Waals surface area contributed by atoms with Gasteiger partial charge in [0.2, 0.25) is 5.84 Å². The third-order valence-corrected chi connectivity index (χ3v) is 3.68. The van der Waals surface area contributed by atoms with E-state index < -0.39 is 20.7 Å². The Hall–Kier alpha value is -5.01. The number of benzene rings is 2. The summed E-state index contributed by atoms with van der Waals surface area (Å²) < 4.78 is 5.08. The van der Waals surface area contributed by atoms with Gasteiger partial charge in [0.25, 0.3) is 11.4 Å². The van der Waals surface area contributed by atoms with Crippen LogP contribution in [-0.4, -0.2) is 20.6 Å². The first kappa shape index (κ1) is 20.7. The minimum atomic E-state index is -0.738. The number of nitrogens with zero attached hydrogens (tertiary/aromatic N) is 6. The lowest BCUT2D eigenvalue weighted by atomic mass is 10.3. The molecule has 31 heavy (non-hydrogen) atoms. The van der Waals surface area contributed by atoms with E-state index in [0.717, 1.165) is 6.07 Å². The molecule has 0 aliphatic heterocycles. The van der Waals surface area contributed by atoms with Crippen LogP contribution in [0.1, 0.15) is 5.76 Å². The normalized spacial score (nSPS) is 11.4. The van der Waals surface area contributed by atoms with Gasteiger partial charge in [-0.15, -0.1) is 15.3 Å². The van der Waals surface area contributed by atoms with E-state index >= 15 is 0 Å². The molecular weight excluding hydrogens is 414 g/mol. The molecule has 0 aliphatic rings. The number of nitro groups is 3. The van der Waals surface area contributed by atoms with Crippen molar-refractivity contribution >= 4 is 34.5 Å². The van der Waals surface area contributed by atoms with E-state index in [0.29, 0.717) is 5.69 Å². The van der Waals surface area contributed by atoms with E-state index in [1.807, 2.05) is 0 Å². The van der Waals surface area contributed by atoms with E-state index in [4.69, 9.17) is 4.42 Å². The van der Waals surface area contributed by atoms with Crippen LogP contribution in [0.4, 0.5) is 28.6 Å². The van der Waals surface area contributed by atoms with Crippen molar-refractivity contribution < 1.29 is 19.2 Å². The molecule has 0 saturated heterocycles. The Morgan fingerprint density at radius 2 is 1.35 bits per heavy atom. The van der Waals surface area contributed by atoms with Gasteiger partial charge >= 0.3 is 5.88 Å². The van der Waals surface area contributed by atoms with Gasteiger partial charge in [-0.05, 0) is 30.3 Å². The highest BCUT2D eigenvalue weighted by Crippen LogP contribution is 2.21. The third-order valence-electron chi connectivity index (χ3n) is 3.68. The molecular formula is C17H11N7O7. The fourth-order valence-corrected chi connectivity index (χ4v) is 2.19. The van der Waals surface area contributed by atoms with Gasteiger partial charge in [0.1, 0.15) is 4.92 Å². The number of hydrogen-bond donors (Lipinski definition) is 1. The van der Waals surface area contributed by atoms with Crippen molar-refractivity contribution in [3.05, 3.63) is 96.8 Å². The summed E-state index contributed by atoms with van der Waals surface area (Å²) in [4.78, 5) is 30.4. The molecule has 0 bridgehead atoms. The summed E-state index contributed by atoms with van der Waals surface area (Å²) in [5.74, 6) is -0.792. The summed E-state index contributed by atoms with van der Waals surface area (Å²) in [5.41, 5.74) is 2.98. The average molecular weight is 425 g/mol.